The van der Waals surface area contributed by atoms with Crippen molar-refractivity contribution >= 4 is 58.9 Å². The number of likely N-dealkylation sites (tertiary alicyclic amines) is 1. The number of hydrogen-bond donors (Lipinski definition) is 3. The second-order valence-corrected chi connectivity index (χ2v) is 16.3. The molecule has 1 saturated heterocycles. The number of carboxylic acid groups (broad SMARTS) is 1. The number of anilines is 2. The van der Waals surface area contributed by atoms with Gasteiger partial charge in [-0.3, -0.25) is 9.69 Å². The predicted octanol–water partition coefficient (Wildman–Crippen LogP) is 4.44. The number of carboxylic acids is 1. The molecule has 270 valence electrons. The third-order valence-corrected chi connectivity index (χ3v) is 12.2. The quantitative estimate of drug-likeness (QED) is 0.151. The Bertz CT molecular complexity index is 2050. The average Bonchev–Trinajstić information content (AvgIpc) is 3.51. The molecule has 1 heterocycles. The van der Waals surface area contributed by atoms with Gasteiger partial charge in [-0.15, -0.1) is 0 Å². The van der Waals surface area contributed by atoms with Crippen LogP contribution in [0.5, 0.6) is 0 Å². The smallest absolute Gasteiger partial charge is 0.324 e. The first-order valence-corrected chi connectivity index (χ1v) is 19.7. The Morgan fingerprint density at radius 2 is 1.36 bits per heavy atom. The van der Waals surface area contributed by atoms with Crippen LogP contribution in [0.3, 0.4) is 0 Å². The molecule has 4 aromatic carbocycles. The zero-order valence-corrected chi connectivity index (χ0v) is 30.8. The molecule has 50 heavy (non-hydrogen) atoms. The van der Waals surface area contributed by atoms with Crippen molar-refractivity contribution in [3.8, 4) is 0 Å². The van der Waals surface area contributed by atoms with E-state index in [2.05, 4.69) is 9.44 Å². The normalized spacial score (nSPS) is 16.9. The molecule has 3 N–H and O–H groups in total. The number of carbonyl (C=O) groups is 1. The molecular formula is C36H47N5O7S2. The van der Waals surface area contributed by atoms with Crippen LogP contribution in [0, 0.1) is 0 Å². The Kier molecular flexibility index (Phi) is 11.7. The summed E-state index contributed by atoms with van der Waals surface area (Å²) in [6, 6.07) is 19.6. The van der Waals surface area contributed by atoms with Gasteiger partial charge in [0, 0.05) is 67.7 Å². The van der Waals surface area contributed by atoms with Gasteiger partial charge in [0.15, 0.2) is 0 Å². The predicted molar refractivity (Wildman–Crippen MR) is 198 cm³/mol. The SMILES string of the molecule is CCOC(CCCN1CCCC1NS(=O)(=O)c1cccc2c(N(C)C)cccc12)C(NS(=O)(=O)c1cccc2c(N(C)C)cccc12)C(=O)O. The zero-order chi connectivity index (χ0) is 36.2. The number of aliphatic carboxylic acids is 1. The summed E-state index contributed by atoms with van der Waals surface area (Å²) in [5.41, 5.74) is 1.75. The Morgan fingerprint density at radius 1 is 0.840 bits per heavy atom. The van der Waals surface area contributed by atoms with E-state index in [-0.39, 0.29) is 22.8 Å². The topological polar surface area (TPSA) is 149 Å². The minimum Gasteiger partial charge on any atom is -0.480 e. The monoisotopic (exact) mass is 725 g/mol. The van der Waals surface area contributed by atoms with E-state index in [4.69, 9.17) is 4.74 Å². The van der Waals surface area contributed by atoms with Gasteiger partial charge in [-0.05, 0) is 70.0 Å². The fraction of sp³-hybridized carbons (Fsp3) is 0.417. The van der Waals surface area contributed by atoms with E-state index < -0.39 is 44.3 Å². The molecule has 0 spiro atoms. The molecule has 1 fully saturated rings. The van der Waals surface area contributed by atoms with Gasteiger partial charge in [-0.2, -0.15) is 9.44 Å². The second-order valence-electron chi connectivity index (χ2n) is 12.9. The summed E-state index contributed by atoms with van der Waals surface area (Å²) in [7, 11) is -0.589. The lowest BCUT2D eigenvalue weighted by Gasteiger charge is -2.28. The Balaban J connectivity index is 1.29. The first-order valence-electron chi connectivity index (χ1n) is 16.8. The molecule has 1 aliphatic rings. The van der Waals surface area contributed by atoms with Gasteiger partial charge in [0.2, 0.25) is 20.0 Å². The summed E-state index contributed by atoms with van der Waals surface area (Å²) in [4.78, 5) is 18.6. The van der Waals surface area contributed by atoms with Gasteiger partial charge in [0.25, 0.3) is 0 Å². The summed E-state index contributed by atoms with van der Waals surface area (Å²) in [6.07, 6.45) is 0.708. The maximum Gasteiger partial charge on any atom is 0.324 e. The number of fused-ring (bicyclic) bond motifs is 2. The molecule has 0 saturated carbocycles. The van der Waals surface area contributed by atoms with Crippen LogP contribution in [0.4, 0.5) is 11.4 Å². The summed E-state index contributed by atoms with van der Waals surface area (Å²) in [6.45, 7) is 3.04. The first-order chi connectivity index (χ1) is 23.7. The Morgan fingerprint density at radius 3 is 1.88 bits per heavy atom. The van der Waals surface area contributed by atoms with Crippen LogP contribution in [0.15, 0.2) is 82.6 Å². The summed E-state index contributed by atoms with van der Waals surface area (Å²) in [5, 5.41) is 12.9. The van der Waals surface area contributed by atoms with Crippen LogP contribution in [0.2, 0.25) is 0 Å². The van der Waals surface area contributed by atoms with Crippen LogP contribution in [0.25, 0.3) is 21.5 Å². The van der Waals surface area contributed by atoms with Crippen molar-refractivity contribution in [2.24, 2.45) is 0 Å². The summed E-state index contributed by atoms with van der Waals surface area (Å²) < 4.78 is 66.1. The van der Waals surface area contributed by atoms with Gasteiger partial charge >= 0.3 is 5.97 Å². The molecule has 0 amide bonds. The molecule has 0 aromatic heterocycles. The van der Waals surface area contributed by atoms with Crippen molar-refractivity contribution in [1.82, 2.24) is 14.3 Å². The third-order valence-electron chi connectivity index (χ3n) is 9.15. The Hall–Kier alpha value is -3.79. The number of ether oxygens (including phenoxy) is 1. The van der Waals surface area contributed by atoms with Crippen LogP contribution in [-0.2, 0) is 29.6 Å². The second kappa shape index (κ2) is 15.6. The van der Waals surface area contributed by atoms with Crippen molar-refractivity contribution in [1.29, 1.82) is 0 Å². The minimum atomic E-state index is -4.28. The molecular weight excluding hydrogens is 679 g/mol. The Labute approximate surface area is 295 Å². The molecule has 1 aliphatic heterocycles. The minimum absolute atomic E-state index is 0.0171. The highest BCUT2D eigenvalue weighted by Gasteiger charge is 2.35. The highest BCUT2D eigenvalue weighted by molar-refractivity contribution is 7.90. The van der Waals surface area contributed by atoms with Gasteiger partial charge in [0.05, 0.1) is 22.1 Å². The van der Waals surface area contributed by atoms with Crippen LogP contribution in [0.1, 0.15) is 32.6 Å². The zero-order valence-electron chi connectivity index (χ0n) is 29.2. The van der Waals surface area contributed by atoms with Gasteiger partial charge in [0.1, 0.15) is 6.04 Å². The highest BCUT2D eigenvalue weighted by atomic mass is 32.2. The molecule has 14 heteroatoms. The van der Waals surface area contributed by atoms with Crippen LogP contribution < -0.4 is 19.2 Å². The number of nitrogens with zero attached hydrogens (tertiary/aromatic N) is 3. The third kappa shape index (κ3) is 8.06. The van der Waals surface area contributed by atoms with E-state index in [1.54, 1.807) is 37.3 Å². The standard InChI is InChI=1S/C36H47N5O7S2/c1-6-48-31(35(36(42)43)38-50(46,47)33-21-10-14-26-28(33)16-8-18-30(26)40(4)5)19-11-23-41-24-12-22-34(41)37-49(44,45)32-20-9-13-25-27(32)15-7-17-29(25)39(2)3/h7-10,13-18,20-21,31,34-35,37-38H,6,11-12,19,22-24H2,1-5H3,(H,42,43). The van der Waals surface area contributed by atoms with Gasteiger partial charge in [-0.1, -0.05) is 48.5 Å². The molecule has 0 bridgehead atoms. The van der Waals surface area contributed by atoms with Crippen molar-refractivity contribution in [3.63, 3.8) is 0 Å². The maximum absolute atomic E-state index is 13.7. The lowest BCUT2D eigenvalue weighted by molar-refractivity contribution is -0.143. The average molecular weight is 726 g/mol. The lowest BCUT2D eigenvalue weighted by atomic mass is 10.1. The highest BCUT2D eigenvalue weighted by Crippen LogP contribution is 2.32. The van der Waals surface area contributed by atoms with Crippen molar-refractivity contribution in [3.05, 3.63) is 72.8 Å². The van der Waals surface area contributed by atoms with Crippen molar-refractivity contribution in [2.45, 2.75) is 60.7 Å². The van der Waals surface area contributed by atoms with E-state index in [0.29, 0.717) is 36.7 Å². The van der Waals surface area contributed by atoms with Crippen molar-refractivity contribution in [2.75, 3.05) is 57.7 Å². The largest absolute Gasteiger partial charge is 0.480 e. The van der Waals surface area contributed by atoms with Gasteiger partial charge < -0.3 is 19.6 Å². The molecule has 5 rings (SSSR count). The number of nitrogens with one attached hydrogen (secondary N) is 2. The van der Waals surface area contributed by atoms with Crippen LogP contribution in [-0.4, -0.2) is 99.0 Å². The fourth-order valence-corrected chi connectivity index (χ4v) is 9.74. The molecule has 12 nitrogen and oxygen atoms in total. The van der Waals surface area contributed by atoms with Crippen molar-refractivity contribution < 1.29 is 31.5 Å². The maximum atomic E-state index is 13.7. The number of benzene rings is 4. The van der Waals surface area contributed by atoms with Crippen LogP contribution >= 0.6 is 0 Å². The number of sulfonamides is 2. The molecule has 4 aromatic rings. The molecule has 3 atom stereocenters. The number of rotatable bonds is 16. The van der Waals surface area contributed by atoms with E-state index in [9.17, 15) is 26.7 Å². The molecule has 0 aliphatic carbocycles. The van der Waals surface area contributed by atoms with Gasteiger partial charge in [-0.25, -0.2) is 16.8 Å². The van der Waals surface area contributed by atoms with E-state index >= 15 is 0 Å². The molecule has 3 unspecified atom stereocenters. The van der Waals surface area contributed by atoms with E-state index in [1.165, 1.54) is 6.07 Å². The summed E-state index contributed by atoms with van der Waals surface area (Å²) >= 11 is 0. The van der Waals surface area contributed by atoms with E-state index in [0.717, 1.165) is 28.6 Å². The first kappa shape index (κ1) is 37.5. The fourth-order valence-electron chi connectivity index (χ4n) is 6.82. The summed E-state index contributed by atoms with van der Waals surface area (Å²) in [5.74, 6) is -1.35. The van der Waals surface area contributed by atoms with E-state index in [1.807, 2.05) is 79.3 Å². The molecule has 0 radical (unpaired) electrons. The number of hydrogen-bond acceptors (Lipinski definition) is 9. The lowest BCUT2D eigenvalue weighted by Crippen LogP contribution is -2.50.